The first-order valence-electron chi connectivity index (χ1n) is 8.93. The van der Waals surface area contributed by atoms with Gasteiger partial charge in [-0.1, -0.05) is 0 Å². The van der Waals surface area contributed by atoms with Crippen LogP contribution in [0.4, 0.5) is 5.82 Å². The van der Waals surface area contributed by atoms with Crippen LogP contribution in [0.2, 0.25) is 0 Å². The van der Waals surface area contributed by atoms with Crippen molar-refractivity contribution < 1.29 is 4.79 Å². The molecule has 0 unspecified atom stereocenters. The molecular formula is C18H30Cl2N4O. The molecule has 5 nitrogen and oxygen atoms in total. The predicted molar refractivity (Wildman–Crippen MR) is 107 cm³/mol. The van der Waals surface area contributed by atoms with Gasteiger partial charge >= 0.3 is 0 Å². The SMILES string of the molecule is CNCCC1CCN(C(=O)c2ccc(N3CCCC3)nc2)CC1.Cl.Cl. The minimum absolute atomic E-state index is 0. The maximum atomic E-state index is 12.6. The van der Waals surface area contributed by atoms with Crippen LogP contribution in [-0.2, 0) is 0 Å². The number of carbonyl (C=O) groups is 1. The lowest BCUT2D eigenvalue weighted by Gasteiger charge is -2.32. The maximum Gasteiger partial charge on any atom is 0.255 e. The number of hydrogen-bond donors (Lipinski definition) is 1. The van der Waals surface area contributed by atoms with E-state index in [2.05, 4.69) is 15.2 Å². The molecule has 1 amide bonds. The zero-order valence-electron chi connectivity index (χ0n) is 14.9. The number of amides is 1. The zero-order valence-corrected chi connectivity index (χ0v) is 16.6. The Balaban J connectivity index is 0.00000156. The Bertz CT molecular complexity index is 512. The van der Waals surface area contributed by atoms with Crippen molar-refractivity contribution in [1.82, 2.24) is 15.2 Å². The Morgan fingerprint density at radius 1 is 1.16 bits per heavy atom. The standard InChI is InChI=1S/C18H28N4O.2ClH/c1-19-9-6-15-7-12-22(13-8-15)18(23)16-4-5-17(20-14-16)21-10-2-3-11-21;;/h4-5,14-15,19H,2-3,6-13H2,1H3;2*1H. The minimum atomic E-state index is 0. The van der Waals surface area contributed by atoms with Crippen molar-refractivity contribution in [3.63, 3.8) is 0 Å². The molecule has 0 atom stereocenters. The van der Waals surface area contributed by atoms with Gasteiger partial charge in [-0.2, -0.15) is 0 Å². The van der Waals surface area contributed by atoms with Crippen LogP contribution in [0.15, 0.2) is 18.3 Å². The van der Waals surface area contributed by atoms with E-state index in [1.165, 1.54) is 19.3 Å². The molecule has 2 aliphatic rings. The molecule has 2 fully saturated rings. The fraction of sp³-hybridized carbons (Fsp3) is 0.667. The maximum absolute atomic E-state index is 12.6. The molecule has 0 aliphatic carbocycles. The summed E-state index contributed by atoms with van der Waals surface area (Å²) < 4.78 is 0. The summed E-state index contributed by atoms with van der Waals surface area (Å²) in [4.78, 5) is 21.4. The molecule has 3 heterocycles. The van der Waals surface area contributed by atoms with E-state index in [1.54, 1.807) is 6.20 Å². The van der Waals surface area contributed by atoms with E-state index < -0.39 is 0 Å². The Labute approximate surface area is 163 Å². The second kappa shape index (κ2) is 10.8. The summed E-state index contributed by atoms with van der Waals surface area (Å²) in [6, 6.07) is 3.94. The van der Waals surface area contributed by atoms with Crippen LogP contribution in [0, 0.1) is 5.92 Å². The molecule has 0 aromatic carbocycles. The Morgan fingerprint density at radius 2 is 1.84 bits per heavy atom. The Kier molecular flexibility index (Phi) is 9.54. The van der Waals surface area contributed by atoms with Crippen molar-refractivity contribution in [1.29, 1.82) is 0 Å². The highest BCUT2D eigenvalue weighted by Crippen LogP contribution is 2.22. The molecule has 0 bridgehead atoms. The normalized spacial score (nSPS) is 17.8. The van der Waals surface area contributed by atoms with Gasteiger partial charge in [0.15, 0.2) is 0 Å². The number of nitrogens with one attached hydrogen (secondary N) is 1. The molecule has 7 heteroatoms. The number of aromatic nitrogens is 1. The van der Waals surface area contributed by atoms with Crippen LogP contribution in [-0.4, -0.2) is 55.6 Å². The minimum Gasteiger partial charge on any atom is -0.357 e. The van der Waals surface area contributed by atoms with Crippen molar-refractivity contribution in [3.05, 3.63) is 23.9 Å². The highest BCUT2D eigenvalue weighted by molar-refractivity contribution is 5.94. The summed E-state index contributed by atoms with van der Waals surface area (Å²) in [6.07, 6.45) is 7.68. The average Bonchev–Trinajstić information content (AvgIpc) is 3.14. The van der Waals surface area contributed by atoms with Crippen LogP contribution in [0.3, 0.4) is 0 Å². The molecule has 142 valence electrons. The van der Waals surface area contributed by atoms with Crippen molar-refractivity contribution in [2.24, 2.45) is 5.92 Å². The molecule has 2 aliphatic heterocycles. The second-order valence-corrected chi connectivity index (χ2v) is 6.73. The van der Waals surface area contributed by atoms with E-state index in [0.29, 0.717) is 0 Å². The van der Waals surface area contributed by atoms with Gasteiger partial charge < -0.3 is 15.1 Å². The van der Waals surface area contributed by atoms with E-state index in [9.17, 15) is 4.79 Å². The van der Waals surface area contributed by atoms with Gasteiger partial charge in [0.25, 0.3) is 5.91 Å². The van der Waals surface area contributed by atoms with Gasteiger partial charge in [0.05, 0.1) is 5.56 Å². The Morgan fingerprint density at radius 3 is 2.40 bits per heavy atom. The van der Waals surface area contributed by atoms with Gasteiger partial charge in [0.2, 0.25) is 0 Å². The summed E-state index contributed by atoms with van der Waals surface area (Å²) >= 11 is 0. The van der Waals surface area contributed by atoms with Gasteiger partial charge in [0, 0.05) is 32.4 Å². The largest absolute Gasteiger partial charge is 0.357 e. The van der Waals surface area contributed by atoms with Crippen LogP contribution in [0.1, 0.15) is 42.5 Å². The average molecular weight is 389 g/mol. The number of halogens is 2. The van der Waals surface area contributed by atoms with Crippen molar-refractivity contribution >= 4 is 36.5 Å². The zero-order chi connectivity index (χ0) is 16.1. The van der Waals surface area contributed by atoms with Crippen LogP contribution in [0.25, 0.3) is 0 Å². The topological polar surface area (TPSA) is 48.5 Å². The quantitative estimate of drug-likeness (QED) is 0.841. The van der Waals surface area contributed by atoms with E-state index in [0.717, 1.165) is 62.9 Å². The number of piperidine rings is 1. The molecule has 3 rings (SSSR count). The summed E-state index contributed by atoms with van der Waals surface area (Å²) in [6.45, 7) is 4.99. The molecule has 2 saturated heterocycles. The van der Waals surface area contributed by atoms with Crippen molar-refractivity contribution in [3.8, 4) is 0 Å². The van der Waals surface area contributed by atoms with Gasteiger partial charge in [-0.25, -0.2) is 4.98 Å². The van der Waals surface area contributed by atoms with Crippen LogP contribution in [0.5, 0.6) is 0 Å². The lowest BCUT2D eigenvalue weighted by molar-refractivity contribution is 0.0686. The monoisotopic (exact) mass is 388 g/mol. The van der Waals surface area contributed by atoms with E-state index in [4.69, 9.17) is 0 Å². The molecule has 25 heavy (non-hydrogen) atoms. The lowest BCUT2D eigenvalue weighted by Crippen LogP contribution is -2.39. The predicted octanol–water partition coefficient (Wildman–Crippen LogP) is 2.99. The molecule has 0 radical (unpaired) electrons. The van der Waals surface area contributed by atoms with Gasteiger partial charge in [-0.05, 0) is 63.7 Å². The first-order chi connectivity index (χ1) is 11.3. The third-order valence-electron chi connectivity index (χ3n) is 5.13. The molecule has 0 saturated carbocycles. The van der Waals surface area contributed by atoms with Gasteiger partial charge in [-0.15, -0.1) is 24.8 Å². The van der Waals surface area contributed by atoms with Crippen molar-refractivity contribution in [2.75, 3.05) is 44.7 Å². The number of pyridine rings is 1. The number of nitrogens with zero attached hydrogens (tertiary/aromatic N) is 3. The summed E-state index contributed by atoms with van der Waals surface area (Å²) in [5.74, 6) is 1.89. The first kappa shape index (κ1) is 22.0. The van der Waals surface area contributed by atoms with E-state index >= 15 is 0 Å². The van der Waals surface area contributed by atoms with E-state index in [-0.39, 0.29) is 30.7 Å². The fourth-order valence-electron chi connectivity index (χ4n) is 3.60. The van der Waals surface area contributed by atoms with Crippen LogP contribution < -0.4 is 10.2 Å². The summed E-state index contributed by atoms with van der Waals surface area (Å²) in [7, 11) is 2.00. The molecule has 0 spiro atoms. The van der Waals surface area contributed by atoms with Gasteiger partial charge in [0.1, 0.15) is 5.82 Å². The Hall–Kier alpha value is -1.04. The number of likely N-dealkylation sites (tertiary alicyclic amines) is 1. The third-order valence-corrected chi connectivity index (χ3v) is 5.13. The summed E-state index contributed by atoms with van der Waals surface area (Å²) in [5.41, 5.74) is 0.724. The lowest BCUT2D eigenvalue weighted by atomic mass is 9.93. The van der Waals surface area contributed by atoms with Crippen LogP contribution >= 0.6 is 24.8 Å². The number of carbonyl (C=O) groups excluding carboxylic acids is 1. The summed E-state index contributed by atoms with van der Waals surface area (Å²) in [5, 5.41) is 3.21. The highest BCUT2D eigenvalue weighted by Gasteiger charge is 2.23. The molecule has 1 aromatic rings. The molecular weight excluding hydrogens is 359 g/mol. The number of anilines is 1. The molecule has 1 aromatic heterocycles. The third kappa shape index (κ3) is 5.73. The fourth-order valence-corrected chi connectivity index (χ4v) is 3.60. The van der Waals surface area contributed by atoms with Crippen molar-refractivity contribution in [2.45, 2.75) is 32.1 Å². The highest BCUT2D eigenvalue weighted by atomic mass is 35.5. The van der Waals surface area contributed by atoms with Gasteiger partial charge in [-0.3, -0.25) is 4.79 Å². The first-order valence-corrected chi connectivity index (χ1v) is 8.93. The number of hydrogen-bond acceptors (Lipinski definition) is 4. The molecule has 1 N–H and O–H groups in total. The number of rotatable bonds is 5. The second-order valence-electron chi connectivity index (χ2n) is 6.73. The van der Waals surface area contributed by atoms with E-state index in [1.807, 2.05) is 24.1 Å². The smallest absolute Gasteiger partial charge is 0.255 e.